The first-order valence-corrected chi connectivity index (χ1v) is 8.06. The van der Waals surface area contributed by atoms with Crippen molar-refractivity contribution in [2.24, 2.45) is 11.7 Å². The van der Waals surface area contributed by atoms with Crippen LogP contribution in [0.3, 0.4) is 0 Å². The Hall–Kier alpha value is -0.0400. The van der Waals surface area contributed by atoms with Crippen molar-refractivity contribution >= 4 is 0 Å². The molecular formula is C16H33N. The third-order valence-electron chi connectivity index (χ3n) is 4.43. The fraction of sp³-hybridized carbons (Fsp3) is 1.00. The lowest BCUT2D eigenvalue weighted by Crippen LogP contribution is -2.28. The Balaban J connectivity index is 2.21. The van der Waals surface area contributed by atoms with Crippen molar-refractivity contribution in [2.75, 3.05) is 0 Å². The van der Waals surface area contributed by atoms with Crippen molar-refractivity contribution in [3.63, 3.8) is 0 Å². The third-order valence-corrected chi connectivity index (χ3v) is 4.43. The zero-order valence-corrected chi connectivity index (χ0v) is 11.9. The molecule has 0 aromatic heterocycles. The zero-order chi connectivity index (χ0) is 12.3. The van der Waals surface area contributed by atoms with Crippen LogP contribution in [-0.2, 0) is 0 Å². The summed E-state index contributed by atoms with van der Waals surface area (Å²) in [4.78, 5) is 0. The second-order valence-corrected chi connectivity index (χ2v) is 6.11. The first-order chi connectivity index (χ1) is 8.30. The normalized spacial score (nSPS) is 31.4. The summed E-state index contributed by atoms with van der Waals surface area (Å²) >= 11 is 0. The Morgan fingerprint density at radius 2 is 0.941 bits per heavy atom. The largest absolute Gasteiger partial charge is 0.327 e. The average Bonchev–Trinajstić information content (AvgIpc) is 2.34. The van der Waals surface area contributed by atoms with Crippen molar-refractivity contribution in [3.8, 4) is 0 Å². The van der Waals surface area contributed by atoms with Crippen LogP contribution in [0.2, 0.25) is 0 Å². The van der Waals surface area contributed by atoms with E-state index in [0.717, 1.165) is 5.92 Å². The molecular weight excluding hydrogens is 206 g/mol. The molecule has 1 aliphatic carbocycles. The first kappa shape index (κ1) is 15.0. The molecule has 0 saturated heterocycles. The molecule has 0 heterocycles. The molecule has 0 aromatic carbocycles. The molecule has 2 N–H and O–H groups in total. The van der Waals surface area contributed by atoms with Crippen LogP contribution in [0, 0.1) is 5.92 Å². The summed E-state index contributed by atoms with van der Waals surface area (Å²) in [6.07, 6.45) is 18.4. The Morgan fingerprint density at radius 1 is 0.588 bits per heavy atom. The molecule has 0 spiro atoms. The van der Waals surface area contributed by atoms with Crippen LogP contribution in [0.15, 0.2) is 0 Å². The lowest BCUT2D eigenvalue weighted by molar-refractivity contribution is 0.378. The topological polar surface area (TPSA) is 26.0 Å². The summed E-state index contributed by atoms with van der Waals surface area (Å²) in [5.41, 5.74) is 6.26. The molecule has 2 unspecified atom stereocenters. The highest BCUT2D eigenvalue weighted by molar-refractivity contribution is 4.69. The highest BCUT2D eigenvalue weighted by Gasteiger charge is 2.11. The molecule has 1 aliphatic rings. The molecule has 1 rings (SSSR count). The van der Waals surface area contributed by atoms with Crippen LogP contribution in [0.5, 0.6) is 0 Å². The molecule has 1 heteroatoms. The predicted octanol–water partition coefficient (Wildman–Crippen LogP) is 5.03. The number of nitrogens with two attached hydrogens (primary N) is 1. The first-order valence-electron chi connectivity index (χ1n) is 8.06. The van der Waals surface area contributed by atoms with Crippen LogP contribution in [0.1, 0.15) is 90.4 Å². The van der Waals surface area contributed by atoms with Crippen molar-refractivity contribution in [1.29, 1.82) is 0 Å². The van der Waals surface area contributed by atoms with Gasteiger partial charge in [0.2, 0.25) is 0 Å². The Bertz CT molecular complexity index is 149. The molecule has 0 radical (unpaired) electrons. The highest BCUT2D eigenvalue weighted by atomic mass is 14.6. The van der Waals surface area contributed by atoms with Gasteiger partial charge in [-0.3, -0.25) is 0 Å². The van der Waals surface area contributed by atoms with E-state index >= 15 is 0 Å². The van der Waals surface area contributed by atoms with Crippen molar-refractivity contribution in [2.45, 2.75) is 96.4 Å². The minimum atomic E-state index is 0.458. The van der Waals surface area contributed by atoms with Crippen molar-refractivity contribution in [3.05, 3.63) is 0 Å². The van der Waals surface area contributed by atoms with E-state index in [4.69, 9.17) is 5.73 Å². The Kier molecular flexibility index (Phi) is 8.78. The van der Waals surface area contributed by atoms with E-state index in [1.165, 1.54) is 83.5 Å². The van der Waals surface area contributed by atoms with Gasteiger partial charge in [-0.15, -0.1) is 0 Å². The maximum Gasteiger partial charge on any atom is 0.00645 e. The van der Waals surface area contributed by atoms with Gasteiger partial charge in [-0.2, -0.15) is 0 Å². The highest BCUT2D eigenvalue weighted by Crippen LogP contribution is 2.19. The standard InChI is InChI=1S/C16H33N/c1-15-13-11-9-7-5-3-2-4-6-8-10-12-14-16(15)17/h15-16H,2-14,17H2,1H3. The van der Waals surface area contributed by atoms with Crippen LogP contribution >= 0.6 is 0 Å². The molecule has 0 aliphatic heterocycles. The minimum absolute atomic E-state index is 0.458. The van der Waals surface area contributed by atoms with E-state index < -0.39 is 0 Å². The Labute approximate surface area is 109 Å². The summed E-state index contributed by atoms with van der Waals surface area (Å²) in [5.74, 6) is 0.736. The van der Waals surface area contributed by atoms with Crippen LogP contribution in [0.4, 0.5) is 0 Å². The molecule has 0 bridgehead atoms. The van der Waals surface area contributed by atoms with Crippen molar-refractivity contribution < 1.29 is 0 Å². The van der Waals surface area contributed by atoms with Crippen molar-refractivity contribution in [1.82, 2.24) is 0 Å². The average molecular weight is 239 g/mol. The van der Waals surface area contributed by atoms with Crippen LogP contribution < -0.4 is 5.73 Å². The van der Waals surface area contributed by atoms with Gasteiger partial charge in [0, 0.05) is 6.04 Å². The second-order valence-electron chi connectivity index (χ2n) is 6.11. The van der Waals surface area contributed by atoms with E-state index in [9.17, 15) is 0 Å². The van der Waals surface area contributed by atoms with Gasteiger partial charge in [-0.25, -0.2) is 0 Å². The van der Waals surface area contributed by atoms with Gasteiger partial charge < -0.3 is 5.73 Å². The van der Waals surface area contributed by atoms with Gasteiger partial charge in [-0.1, -0.05) is 77.6 Å². The van der Waals surface area contributed by atoms with Gasteiger partial charge in [0.25, 0.3) is 0 Å². The predicted molar refractivity (Wildman–Crippen MR) is 77.2 cm³/mol. The fourth-order valence-electron chi connectivity index (χ4n) is 2.94. The monoisotopic (exact) mass is 239 g/mol. The third kappa shape index (κ3) is 7.81. The maximum atomic E-state index is 6.26. The van der Waals surface area contributed by atoms with Gasteiger partial charge >= 0.3 is 0 Å². The smallest absolute Gasteiger partial charge is 0.00645 e. The summed E-state index contributed by atoms with van der Waals surface area (Å²) in [5, 5.41) is 0. The molecule has 102 valence electrons. The molecule has 0 amide bonds. The van der Waals surface area contributed by atoms with E-state index in [1.807, 2.05) is 0 Å². The lowest BCUT2D eigenvalue weighted by Gasteiger charge is -2.19. The number of hydrogen-bond acceptors (Lipinski definition) is 1. The summed E-state index contributed by atoms with van der Waals surface area (Å²) in [7, 11) is 0. The maximum absolute atomic E-state index is 6.26. The second kappa shape index (κ2) is 9.94. The van der Waals surface area contributed by atoms with E-state index in [1.54, 1.807) is 0 Å². The van der Waals surface area contributed by atoms with Gasteiger partial charge in [0.1, 0.15) is 0 Å². The van der Waals surface area contributed by atoms with Crippen LogP contribution in [-0.4, -0.2) is 6.04 Å². The summed E-state index contributed by atoms with van der Waals surface area (Å²) < 4.78 is 0. The van der Waals surface area contributed by atoms with Gasteiger partial charge in [0.05, 0.1) is 0 Å². The molecule has 1 fully saturated rings. The number of hydrogen-bond donors (Lipinski definition) is 1. The lowest BCUT2D eigenvalue weighted by atomic mass is 9.92. The number of rotatable bonds is 0. The van der Waals surface area contributed by atoms with E-state index in [-0.39, 0.29) is 0 Å². The van der Waals surface area contributed by atoms with Gasteiger partial charge in [-0.05, 0) is 18.8 Å². The van der Waals surface area contributed by atoms with Gasteiger partial charge in [0.15, 0.2) is 0 Å². The minimum Gasteiger partial charge on any atom is -0.327 e. The molecule has 1 saturated carbocycles. The summed E-state index contributed by atoms with van der Waals surface area (Å²) in [6, 6.07) is 0.458. The quantitative estimate of drug-likeness (QED) is 0.630. The molecule has 17 heavy (non-hydrogen) atoms. The van der Waals surface area contributed by atoms with E-state index in [2.05, 4.69) is 6.92 Å². The van der Waals surface area contributed by atoms with Crippen LogP contribution in [0.25, 0.3) is 0 Å². The SMILES string of the molecule is CC1CCCCCCCCCCCCCC1N. The molecule has 1 nitrogen and oxygen atoms in total. The molecule has 0 aromatic rings. The Morgan fingerprint density at radius 3 is 1.41 bits per heavy atom. The summed E-state index contributed by atoms with van der Waals surface area (Å²) in [6.45, 7) is 2.35. The fourth-order valence-corrected chi connectivity index (χ4v) is 2.94. The molecule has 2 atom stereocenters. The zero-order valence-electron chi connectivity index (χ0n) is 11.9. The van der Waals surface area contributed by atoms with E-state index in [0.29, 0.717) is 6.04 Å².